The summed E-state index contributed by atoms with van der Waals surface area (Å²) in [6.45, 7) is 7.20. The van der Waals surface area contributed by atoms with Gasteiger partial charge in [0.25, 0.3) is 0 Å². The van der Waals surface area contributed by atoms with E-state index in [1.54, 1.807) is 0 Å². The molecule has 18 heavy (non-hydrogen) atoms. The van der Waals surface area contributed by atoms with Crippen LogP contribution in [-0.4, -0.2) is 42.6 Å². The van der Waals surface area contributed by atoms with E-state index < -0.39 is 10.0 Å². The second-order valence-electron chi connectivity index (χ2n) is 5.14. The SMILES string of the molecule is CCCN(CC(C)(C)CN)S(=O)(=O)c1cn[nH]c1. The average molecular weight is 274 g/mol. The number of nitrogens with zero attached hydrogens (tertiary/aromatic N) is 2. The highest BCUT2D eigenvalue weighted by molar-refractivity contribution is 7.89. The molecule has 0 saturated carbocycles. The van der Waals surface area contributed by atoms with E-state index >= 15 is 0 Å². The number of nitrogens with two attached hydrogens (primary N) is 1. The first-order valence-electron chi connectivity index (χ1n) is 6.02. The highest BCUT2D eigenvalue weighted by atomic mass is 32.2. The van der Waals surface area contributed by atoms with Crippen LogP contribution >= 0.6 is 0 Å². The molecule has 0 unspecified atom stereocenters. The number of rotatable bonds is 7. The maximum Gasteiger partial charge on any atom is 0.246 e. The molecule has 1 aromatic rings. The summed E-state index contributed by atoms with van der Waals surface area (Å²) in [5.41, 5.74) is 5.43. The van der Waals surface area contributed by atoms with Crippen molar-refractivity contribution in [1.29, 1.82) is 0 Å². The van der Waals surface area contributed by atoms with Crippen LogP contribution in [0.4, 0.5) is 0 Å². The zero-order valence-corrected chi connectivity index (χ0v) is 12.0. The van der Waals surface area contributed by atoms with Crippen molar-refractivity contribution in [3.8, 4) is 0 Å². The van der Waals surface area contributed by atoms with Gasteiger partial charge in [0.15, 0.2) is 0 Å². The molecular formula is C11H22N4O2S. The number of nitrogens with one attached hydrogen (secondary N) is 1. The normalized spacial score (nSPS) is 13.2. The first-order chi connectivity index (χ1) is 8.33. The molecule has 0 radical (unpaired) electrons. The van der Waals surface area contributed by atoms with Gasteiger partial charge in [0.1, 0.15) is 4.90 Å². The van der Waals surface area contributed by atoms with Crippen molar-refractivity contribution in [1.82, 2.24) is 14.5 Å². The highest BCUT2D eigenvalue weighted by Crippen LogP contribution is 2.21. The van der Waals surface area contributed by atoms with Crippen molar-refractivity contribution in [2.45, 2.75) is 32.1 Å². The summed E-state index contributed by atoms with van der Waals surface area (Å²) in [5, 5.41) is 6.22. The summed E-state index contributed by atoms with van der Waals surface area (Å²) in [6, 6.07) is 0. The number of H-pyrrole nitrogens is 1. The van der Waals surface area contributed by atoms with Crippen molar-refractivity contribution >= 4 is 10.0 Å². The third-order valence-electron chi connectivity index (χ3n) is 2.74. The maximum absolute atomic E-state index is 12.4. The van der Waals surface area contributed by atoms with E-state index in [1.807, 2.05) is 20.8 Å². The summed E-state index contributed by atoms with van der Waals surface area (Å²) in [6.07, 6.45) is 3.48. The summed E-state index contributed by atoms with van der Waals surface area (Å²) in [5.74, 6) is 0. The Kier molecular flexibility index (Phi) is 4.89. The molecule has 0 fully saturated rings. The van der Waals surface area contributed by atoms with Gasteiger partial charge in [-0.05, 0) is 18.4 Å². The molecule has 3 N–H and O–H groups in total. The van der Waals surface area contributed by atoms with E-state index in [9.17, 15) is 8.42 Å². The fourth-order valence-corrected chi connectivity index (χ4v) is 3.23. The van der Waals surface area contributed by atoms with Crippen molar-refractivity contribution in [2.75, 3.05) is 19.6 Å². The van der Waals surface area contributed by atoms with Crippen LogP contribution in [0.2, 0.25) is 0 Å². The van der Waals surface area contributed by atoms with Crippen molar-refractivity contribution in [2.24, 2.45) is 11.1 Å². The monoisotopic (exact) mass is 274 g/mol. The minimum absolute atomic E-state index is 0.198. The van der Waals surface area contributed by atoms with Crippen LogP contribution in [0.5, 0.6) is 0 Å². The Morgan fingerprint density at radius 1 is 1.50 bits per heavy atom. The third kappa shape index (κ3) is 3.54. The molecule has 0 aliphatic carbocycles. The average Bonchev–Trinajstić information content (AvgIpc) is 2.82. The zero-order chi connectivity index (χ0) is 13.8. The highest BCUT2D eigenvalue weighted by Gasteiger charge is 2.30. The zero-order valence-electron chi connectivity index (χ0n) is 11.2. The van der Waals surface area contributed by atoms with E-state index in [2.05, 4.69) is 10.2 Å². The van der Waals surface area contributed by atoms with E-state index in [4.69, 9.17) is 5.73 Å². The minimum Gasteiger partial charge on any atom is -0.330 e. The predicted molar refractivity (Wildman–Crippen MR) is 70.5 cm³/mol. The molecule has 104 valence electrons. The molecule has 0 aliphatic rings. The van der Waals surface area contributed by atoms with Crippen LogP contribution in [-0.2, 0) is 10.0 Å². The van der Waals surface area contributed by atoms with Crippen molar-refractivity contribution in [3.05, 3.63) is 12.4 Å². The molecule has 7 heteroatoms. The van der Waals surface area contributed by atoms with Gasteiger partial charge in [-0.2, -0.15) is 9.40 Å². The largest absolute Gasteiger partial charge is 0.330 e. The third-order valence-corrected chi connectivity index (χ3v) is 4.55. The Labute approximate surface area is 109 Å². The standard InChI is InChI=1S/C11H22N4O2S/c1-4-5-15(9-11(2,3)8-12)18(16,17)10-6-13-14-7-10/h6-7H,4-5,8-9,12H2,1-3H3,(H,13,14). The molecule has 1 aromatic heterocycles. The van der Waals surface area contributed by atoms with Crippen LogP contribution < -0.4 is 5.73 Å². The fourth-order valence-electron chi connectivity index (χ4n) is 1.60. The van der Waals surface area contributed by atoms with Gasteiger partial charge < -0.3 is 5.73 Å². The summed E-state index contributed by atoms with van der Waals surface area (Å²) in [4.78, 5) is 0.198. The van der Waals surface area contributed by atoms with E-state index in [-0.39, 0.29) is 10.3 Å². The maximum atomic E-state index is 12.4. The van der Waals surface area contributed by atoms with Crippen molar-refractivity contribution < 1.29 is 8.42 Å². The molecule has 1 rings (SSSR count). The van der Waals surface area contributed by atoms with Crippen LogP contribution in [0.3, 0.4) is 0 Å². The van der Waals surface area contributed by atoms with Crippen LogP contribution in [0, 0.1) is 5.41 Å². The molecule has 0 atom stereocenters. The molecular weight excluding hydrogens is 252 g/mol. The number of hydrogen-bond acceptors (Lipinski definition) is 4. The van der Waals surface area contributed by atoms with Gasteiger partial charge in [0.05, 0.1) is 6.20 Å². The lowest BCUT2D eigenvalue weighted by atomic mass is 9.94. The van der Waals surface area contributed by atoms with Crippen molar-refractivity contribution in [3.63, 3.8) is 0 Å². The topological polar surface area (TPSA) is 92.1 Å². The smallest absolute Gasteiger partial charge is 0.246 e. The number of sulfonamides is 1. The molecule has 0 aromatic carbocycles. The van der Waals surface area contributed by atoms with Crippen LogP contribution in [0.25, 0.3) is 0 Å². The lowest BCUT2D eigenvalue weighted by Crippen LogP contribution is -2.42. The Morgan fingerprint density at radius 3 is 2.61 bits per heavy atom. The van der Waals surface area contributed by atoms with Gasteiger partial charge >= 0.3 is 0 Å². The van der Waals surface area contributed by atoms with Crippen LogP contribution in [0.15, 0.2) is 17.3 Å². The van der Waals surface area contributed by atoms with Gasteiger partial charge in [-0.25, -0.2) is 8.42 Å². The Balaban J connectivity index is 2.99. The van der Waals surface area contributed by atoms with E-state index in [0.717, 1.165) is 6.42 Å². The fraction of sp³-hybridized carbons (Fsp3) is 0.727. The Hall–Kier alpha value is -0.920. The number of hydrogen-bond donors (Lipinski definition) is 2. The predicted octanol–water partition coefficient (Wildman–Crippen LogP) is 0.795. The molecule has 0 spiro atoms. The molecule has 0 saturated heterocycles. The summed E-state index contributed by atoms with van der Waals surface area (Å²) in [7, 11) is -3.48. The van der Waals surface area contributed by atoms with Gasteiger partial charge in [-0.1, -0.05) is 20.8 Å². The molecule has 0 aliphatic heterocycles. The first-order valence-corrected chi connectivity index (χ1v) is 7.46. The van der Waals surface area contributed by atoms with E-state index in [1.165, 1.54) is 16.7 Å². The number of aromatic amines is 1. The minimum atomic E-state index is -3.48. The Bertz CT molecular complexity index is 453. The Morgan fingerprint density at radius 2 is 2.17 bits per heavy atom. The quantitative estimate of drug-likeness (QED) is 0.769. The molecule has 6 nitrogen and oxygen atoms in total. The van der Waals surface area contributed by atoms with Gasteiger partial charge in [0.2, 0.25) is 10.0 Å². The van der Waals surface area contributed by atoms with Crippen LogP contribution in [0.1, 0.15) is 27.2 Å². The summed E-state index contributed by atoms with van der Waals surface area (Å²) < 4.78 is 26.3. The van der Waals surface area contributed by atoms with Gasteiger partial charge in [0, 0.05) is 19.3 Å². The second kappa shape index (κ2) is 5.81. The lowest BCUT2D eigenvalue weighted by molar-refractivity contribution is 0.266. The lowest BCUT2D eigenvalue weighted by Gasteiger charge is -2.30. The molecule has 0 bridgehead atoms. The summed E-state index contributed by atoms with van der Waals surface area (Å²) >= 11 is 0. The number of aromatic nitrogens is 2. The van der Waals surface area contributed by atoms with Gasteiger partial charge in [-0.15, -0.1) is 0 Å². The van der Waals surface area contributed by atoms with E-state index in [0.29, 0.717) is 19.6 Å². The molecule has 1 heterocycles. The first kappa shape index (κ1) is 15.1. The van der Waals surface area contributed by atoms with Gasteiger partial charge in [-0.3, -0.25) is 5.10 Å². The molecule has 0 amide bonds. The second-order valence-corrected chi connectivity index (χ2v) is 7.08.